The zero-order valence-corrected chi connectivity index (χ0v) is 14.7. The molecule has 0 unspecified atom stereocenters. The fourth-order valence-corrected chi connectivity index (χ4v) is 3.39. The molecule has 2 saturated carbocycles. The summed E-state index contributed by atoms with van der Waals surface area (Å²) in [5, 5.41) is 12.0. The molecule has 0 aliphatic heterocycles. The molecule has 1 amide bonds. The van der Waals surface area contributed by atoms with Gasteiger partial charge in [-0.05, 0) is 72.9 Å². The zero-order chi connectivity index (χ0) is 17.9. The first kappa shape index (κ1) is 16.7. The maximum atomic E-state index is 12.2. The lowest BCUT2D eigenvalue weighted by Crippen LogP contribution is -2.40. The van der Waals surface area contributed by atoms with E-state index in [4.69, 9.17) is 10.00 Å². The van der Waals surface area contributed by atoms with E-state index >= 15 is 0 Å². The van der Waals surface area contributed by atoms with Crippen LogP contribution in [0.15, 0.2) is 48.5 Å². The van der Waals surface area contributed by atoms with Crippen molar-refractivity contribution in [2.24, 2.45) is 11.8 Å². The van der Waals surface area contributed by atoms with Crippen molar-refractivity contribution >= 4 is 5.91 Å². The second-order valence-corrected chi connectivity index (χ2v) is 7.27. The van der Waals surface area contributed by atoms with Gasteiger partial charge in [0.25, 0.3) is 5.91 Å². The molecule has 0 heterocycles. The first-order valence-electron chi connectivity index (χ1n) is 9.26. The lowest BCUT2D eigenvalue weighted by atomic mass is 10.0. The summed E-state index contributed by atoms with van der Waals surface area (Å²) in [6, 6.07) is 17.6. The molecule has 1 N–H and O–H groups in total. The summed E-state index contributed by atoms with van der Waals surface area (Å²) in [6.45, 7) is 0.0617. The summed E-state index contributed by atoms with van der Waals surface area (Å²) in [4.78, 5) is 12.2. The predicted molar refractivity (Wildman–Crippen MR) is 99.5 cm³/mol. The van der Waals surface area contributed by atoms with Crippen LogP contribution in [0.5, 0.6) is 5.75 Å². The van der Waals surface area contributed by atoms with Gasteiger partial charge >= 0.3 is 0 Å². The van der Waals surface area contributed by atoms with E-state index in [9.17, 15) is 4.79 Å². The minimum atomic E-state index is -0.0232. The number of nitrogens with one attached hydrogen (secondary N) is 1. The van der Waals surface area contributed by atoms with Gasteiger partial charge in [-0.1, -0.05) is 24.3 Å². The lowest BCUT2D eigenvalue weighted by molar-refractivity contribution is -0.124. The van der Waals surface area contributed by atoms with Crippen LogP contribution in [-0.2, 0) is 4.79 Å². The highest BCUT2D eigenvalue weighted by molar-refractivity contribution is 5.78. The fraction of sp³-hybridized carbons (Fsp3) is 0.364. The number of carbonyl (C=O) groups is 1. The molecule has 4 heteroatoms. The molecular weight excluding hydrogens is 324 g/mol. The molecule has 2 aliphatic rings. The van der Waals surface area contributed by atoms with E-state index in [2.05, 4.69) is 11.4 Å². The highest BCUT2D eigenvalue weighted by Gasteiger charge is 2.42. The van der Waals surface area contributed by atoms with Crippen LogP contribution in [0.25, 0.3) is 11.1 Å². The van der Waals surface area contributed by atoms with E-state index < -0.39 is 0 Å². The van der Waals surface area contributed by atoms with Crippen molar-refractivity contribution in [3.63, 3.8) is 0 Å². The molecule has 0 atom stereocenters. The Bertz CT molecular complexity index is 801. The topological polar surface area (TPSA) is 62.1 Å². The van der Waals surface area contributed by atoms with Crippen molar-refractivity contribution in [2.75, 3.05) is 6.61 Å². The van der Waals surface area contributed by atoms with Crippen molar-refractivity contribution in [1.29, 1.82) is 5.26 Å². The summed E-state index contributed by atoms with van der Waals surface area (Å²) in [5.74, 6) is 2.05. The van der Waals surface area contributed by atoms with Crippen molar-refractivity contribution < 1.29 is 9.53 Å². The number of benzene rings is 2. The fourth-order valence-electron chi connectivity index (χ4n) is 3.39. The third-order valence-corrected chi connectivity index (χ3v) is 5.16. The average molecular weight is 346 g/mol. The molecule has 4 rings (SSSR count). The van der Waals surface area contributed by atoms with Crippen LogP contribution >= 0.6 is 0 Å². The Kier molecular flexibility index (Phi) is 4.62. The van der Waals surface area contributed by atoms with E-state index in [1.807, 2.05) is 36.4 Å². The van der Waals surface area contributed by atoms with Gasteiger partial charge in [0.05, 0.1) is 11.6 Å². The van der Waals surface area contributed by atoms with Crippen molar-refractivity contribution in [3.05, 3.63) is 54.1 Å². The minimum absolute atomic E-state index is 0.0232. The molecule has 0 aromatic heterocycles. The highest BCUT2D eigenvalue weighted by Crippen LogP contribution is 2.44. The van der Waals surface area contributed by atoms with Crippen LogP contribution in [0.3, 0.4) is 0 Å². The quantitative estimate of drug-likeness (QED) is 0.827. The van der Waals surface area contributed by atoms with Gasteiger partial charge in [-0.2, -0.15) is 5.26 Å². The number of carbonyl (C=O) groups excluding carboxylic acids is 1. The van der Waals surface area contributed by atoms with Gasteiger partial charge < -0.3 is 10.1 Å². The molecule has 2 aromatic rings. The summed E-state index contributed by atoms with van der Waals surface area (Å²) < 4.78 is 5.64. The van der Waals surface area contributed by atoms with Gasteiger partial charge in [-0.3, -0.25) is 4.79 Å². The van der Waals surface area contributed by atoms with Gasteiger partial charge in [0.1, 0.15) is 5.75 Å². The van der Waals surface area contributed by atoms with E-state index in [1.54, 1.807) is 12.1 Å². The lowest BCUT2D eigenvalue weighted by Gasteiger charge is -2.17. The first-order valence-corrected chi connectivity index (χ1v) is 9.26. The van der Waals surface area contributed by atoms with E-state index in [1.165, 1.54) is 25.7 Å². The number of rotatable bonds is 7. The Labute approximate surface area is 153 Å². The molecule has 2 aliphatic carbocycles. The summed E-state index contributed by atoms with van der Waals surface area (Å²) in [7, 11) is 0. The summed E-state index contributed by atoms with van der Waals surface area (Å²) >= 11 is 0. The number of hydrogen-bond acceptors (Lipinski definition) is 3. The predicted octanol–water partition coefficient (Wildman–Crippen LogP) is 3.91. The minimum Gasteiger partial charge on any atom is -0.484 e. The molecule has 2 fully saturated rings. The first-order chi connectivity index (χ1) is 12.7. The number of hydrogen-bond donors (Lipinski definition) is 1. The smallest absolute Gasteiger partial charge is 0.258 e. The van der Waals surface area contributed by atoms with Crippen LogP contribution < -0.4 is 10.1 Å². The van der Waals surface area contributed by atoms with Gasteiger partial charge in [-0.15, -0.1) is 0 Å². The van der Waals surface area contributed by atoms with E-state index in [0.717, 1.165) is 11.1 Å². The van der Waals surface area contributed by atoms with Crippen LogP contribution in [0.2, 0.25) is 0 Å². The number of amides is 1. The van der Waals surface area contributed by atoms with Gasteiger partial charge in [0.2, 0.25) is 0 Å². The Morgan fingerprint density at radius 3 is 2.04 bits per heavy atom. The van der Waals surface area contributed by atoms with E-state index in [-0.39, 0.29) is 12.5 Å². The Morgan fingerprint density at radius 2 is 1.54 bits per heavy atom. The SMILES string of the molecule is N#Cc1ccc(-c2ccc(OCC(=O)NC(C3CC3)C3CC3)cc2)cc1. The maximum absolute atomic E-state index is 12.2. The molecule has 0 spiro atoms. The third kappa shape index (κ3) is 4.05. The number of ether oxygens (including phenoxy) is 1. The largest absolute Gasteiger partial charge is 0.484 e. The summed E-state index contributed by atoms with van der Waals surface area (Å²) in [5.41, 5.74) is 2.74. The van der Waals surface area contributed by atoms with Crippen LogP contribution in [0, 0.1) is 23.2 Å². The van der Waals surface area contributed by atoms with Crippen molar-refractivity contribution in [3.8, 4) is 22.9 Å². The van der Waals surface area contributed by atoms with Crippen molar-refractivity contribution in [2.45, 2.75) is 31.7 Å². The van der Waals surface area contributed by atoms with Crippen LogP contribution in [0.1, 0.15) is 31.2 Å². The van der Waals surface area contributed by atoms with Gasteiger partial charge in [-0.25, -0.2) is 0 Å². The summed E-state index contributed by atoms with van der Waals surface area (Å²) in [6.07, 6.45) is 5.00. The standard InChI is InChI=1S/C22H22N2O2/c23-13-15-1-3-16(4-2-15)17-9-11-20(12-10-17)26-14-21(25)24-22(18-5-6-18)19-7-8-19/h1-4,9-12,18-19,22H,5-8,14H2,(H,24,25). The molecule has 4 nitrogen and oxygen atoms in total. The maximum Gasteiger partial charge on any atom is 0.258 e. The van der Waals surface area contributed by atoms with Gasteiger partial charge in [0.15, 0.2) is 6.61 Å². The van der Waals surface area contributed by atoms with Gasteiger partial charge in [0, 0.05) is 6.04 Å². The van der Waals surface area contributed by atoms with Crippen LogP contribution in [0.4, 0.5) is 0 Å². The Hall–Kier alpha value is -2.80. The number of nitrogens with zero attached hydrogens (tertiary/aromatic N) is 1. The number of nitriles is 1. The molecular formula is C22H22N2O2. The van der Waals surface area contributed by atoms with Crippen molar-refractivity contribution in [1.82, 2.24) is 5.32 Å². The average Bonchev–Trinajstić information content (AvgIpc) is 3.58. The molecule has 132 valence electrons. The second kappa shape index (κ2) is 7.21. The second-order valence-electron chi connectivity index (χ2n) is 7.27. The molecule has 2 aromatic carbocycles. The Morgan fingerprint density at radius 1 is 1.00 bits per heavy atom. The Balaban J connectivity index is 1.30. The third-order valence-electron chi connectivity index (χ3n) is 5.16. The molecule has 0 bridgehead atoms. The molecule has 0 saturated heterocycles. The highest BCUT2D eigenvalue weighted by atomic mass is 16.5. The normalized spacial score (nSPS) is 16.2. The monoisotopic (exact) mass is 346 g/mol. The molecule has 26 heavy (non-hydrogen) atoms. The van der Waals surface area contributed by atoms with E-state index in [0.29, 0.717) is 29.2 Å². The zero-order valence-electron chi connectivity index (χ0n) is 14.7. The molecule has 0 radical (unpaired) electrons. The van der Waals surface area contributed by atoms with Crippen LogP contribution in [-0.4, -0.2) is 18.6 Å².